The highest BCUT2D eigenvalue weighted by Gasteiger charge is 2.58. The maximum Gasteiger partial charge on any atom is 0.281 e. The SMILES string of the molecule is O=C(NC1CCC(CN2C(=O)C3(CN(c4ccccn4)C3)c3ccccc32)CC1)c1cc(Cl)cnc1C(F)F. The van der Waals surface area contributed by atoms with Crippen LogP contribution in [0.15, 0.2) is 60.9 Å². The smallest absolute Gasteiger partial charge is 0.281 e. The summed E-state index contributed by atoms with van der Waals surface area (Å²) in [5.74, 6) is 0.708. The minimum absolute atomic E-state index is 0.135. The lowest BCUT2D eigenvalue weighted by molar-refractivity contribution is -0.124. The predicted octanol–water partition coefficient (Wildman–Crippen LogP) is 5.16. The number of nitrogens with one attached hydrogen (secondary N) is 1. The number of halogens is 3. The Morgan fingerprint density at radius 2 is 1.82 bits per heavy atom. The average molecular weight is 552 g/mol. The third-order valence-corrected chi connectivity index (χ3v) is 8.43. The molecule has 4 heterocycles. The van der Waals surface area contributed by atoms with Crippen LogP contribution in [0, 0.1) is 5.92 Å². The Morgan fingerprint density at radius 1 is 1.08 bits per heavy atom. The molecule has 1 spiro atoms. The second-order valence-electron chi connectivity index (χ2n) is 10.6. The first-order valence-corrected chi connectivity index (χ1v) is 13.6. The standard InChI is InChI=1S/C29H28ClF2N5O2/c30-19-13-21(25(26(31)32)34-14-19)27(38)35-20-10-8-18(9-11-20)15-37-23-6-2-1-5-22(23)29(28(37)39)16-36(17-29)24-7-3-4-12-33-24/h1-7,12-14,18,20,26H,8-11,15-17H2,(H,35,38). The fraction of sp³-hybridized carbons (Fsp3) is 0.379. The molecule has 3 aliphatic rings. The lowest BCUT2D eigenvalue weighted by Gasteiger charge is -2.47. The second kappa shape index (κ2) is 10.2. The molecule has 10 heteroatoms. The highest BCUT2D eigenvalue weighted by atomic mass is 35.5. The van der Waals surface area contributed by atoms with Crippen LogP contribution in [0.1, 0.15) is 53.7 Å². The molecule has 0 radical (unpaired) electrons. The van der Waals surface area contributed by atoms with Crippen LogP contribution in [0.2, 0.25) is 5.02 Å². The number of benzene rings is 1. The monoisotopic (exact) mass is 551 g/mol. The largest absolute Gasteiger partial charge is 0.354 e. The topological polar surface area (TPSA) is 78.4 Å². The molecular weight excluding hydrogens is 524 g/mol. The average Bonchev–Trinajstić information content (AvgIpc) is 3.17. The van der Waals surface area contributed by atoms with Gasteiger partial charge in [-0.1, -0.05) is 35.9 Å². The first kappa shape index (κ1) is 25.7. The minimum atomic E-state index is -2.87. The third-order valence-electron chi connectivity index (χ3n) is 8.22. The number of anilines is 2. The summed E-state index contributed by atoms with van der Waals surface area (Å²) < 4.78 is 26.7. The molecule has 7 nitrogen and oxygen atoms in total. The summed E-state index contributed by atoms with van der Waals surface area (Å²) in [6.07, 6.45) is 3.06. The maximum absolute atomic E-state index is 13.8. The van der Waals surface area contributed by atoms with Crippen molar-refractivity contribution in [2.24, 2.45) is 5.92 Å². The van der Waals surface area contributed by atoms with E-state index >= 15 is 0 Å². The van der Waals surface area contributed by atoms with Gasteiger partial charge in [0.2, 0.25) is 5.91 Å². The molecule has 1 saturated heterocycles. The van der Waals surface area contributed by atoms with Crippen LogP contribution in [0.25, 0.3) is 0 Å². The van der Waals surface area contributed by atoms with Gasteiger partial charge >= 0.3 is 0 Å². The number of para-hydroxylation sites is 1. The van der Waals surface area contributed by atoms with Gasteiger partial charge in [-0.05, 0) is 61.4 Å². The summed E-state index contributed by atoms with van der Waals surface area (Å²) in [7, 11) is 0. The van der Waals surface area contributed by atoms with E-state index in [0.717, 1.165) is 36.1 Å². The van der Waals surface area contributed by atoms with E-state index in [-0.39, 0.29) is 28.5 Å². The molecule has 202 valence electrons. The van der Waals surface area contributed by atoms with Crippen LogP contribution in [0.5, 0.6) is 0 Å². The van der Waals surface area contributed by atoms with E-state index in [2.05, 4.69) is 26.3 Å². The number of fused-ring (bicyclic) bond motifs is 2. The van der Waals surface area contributed by atoms with Gasteiger partial charge in [-0.25, -0.2) is 13.8 Å². The van der Waals surface area contributed by atoms with Gasteiger partial charge in [-0.2, -0.15) is 0 Å². The van der Waals surface area contributed by atoms with Crippen LogP contribution in [0.4, 0.5) is 20.3 Å². The number of hydrogen-bond acceptors (Lipinski definition) is 5. The number of carbonyl (C=O) groups excluding carboxylic acids is 2. The molecule has 0 bridgehead atoms. The number of pyridine rings is 2. The van der Waals surface area contributed by atoms with Crippen molar-refractivity contribution in [2.45, 2.75) is 43.6 Å². The highest BCUT2D eigenvalue weighted by Crippen LogP contribution is 2.48. The fourth-order valence-corrected chi connectivity index (χ4v) is 6.37. The van der Waals surface area contributed by atoms with Crippen LogP contribution in [0.3, 0.4) is 0 Å². The number of hydrogen-bond donors (Lipinski definition) is 1. The summed E-state index contributed by atoms with van der Waals surface area (Å²) in [5, 5.41) is 3.02. The zero-order valence-electron chi connectivity index (χ0n) is 21.2. The van der Waals surface area contributed by atoms with Crippen molar-refractivity contribution >= 4 is 34.9 Å². The summed E-state index contributed by atoms with van der Waals surface area (Å²) in [6, 6.07) is 14.9. The highest BCUT2D eigenvalue weighted by molar-refractivity contribution is 6.30. The van der Waals surface area contributed by atoms with Crippen molar-refractivity contribution < 1.29 is 18.4 Å². The molecule has 1 aromatic carbocycles. The van der Waals surface area contributed by atoms with E-state index in [1.165, 1.54) is 6.07 Å². The Kier molecular flexibility index (Phi) is 6.71. The molecule has 0 atom stereocenters. The molecule has 1 N–H and O–H groups in total. The molecule has 2 amide bonds. The van der Waals surface area contributed by atoms with Crippen molar-refractivity contribution in [1.82, 2.24) is 15.3 Å². The van der Waals surface area contributed by atoms with Crippen LogP contribution in [-0.2, 0) is 10.2 Å². The number of nitrogens with zero attached hydrogens (tertiary/aromatic N) is 4. The Balaban J connectivity index is 1.09. The second-order valence-corrected chi connectivity index (χ2v) is 11.1. The lowest BCUT2D eigenvalue weighted by Crippen LogP contribution is -2.64. The molecule has 0 unspecified atom stereocenters. The fourth-order valence-electron chi connectivity index (χ4n) is 6.21. The molecule has 3 aromatic rings. The van der Waals surface area contributed by atoms with Crippen molar-refractivity contribution in [1.29, 1.82) is 0 Å². The zero-order valence-corrected chi connectivity index (χ0v) is 22.0. The molecule has 39 heavy (non-hydrogen) atoms. The number of carbonyl (C=O) groups is 2. The van der Waals surface area contributed by atoms with E-state index in [1.54, 1.807) is 6.20 Å². The molecular formula is C29H28ClF2N5O2. The summed E-state index contributed by atoms with van der Waals surface area (Å²) in [4.78, 5) is 38.8. The molecule has 6 rings (SSSR count). The quantitative estimate of drug-likeness (QED) is 0.458. The summed E-state index contributed by atoms with van der Waals surface area (Å²) in [6.45, 7) is 1.83. The molecule has 1 aliphatic carbocycles. The van der Waals surface area contributed by atoms with Gasteiger partial charge in [0.25, 0.3) is 12.3 Å². The molecule has 2 aromatic heterocycles. The lowest BCUT2D eigenvalue weighted by atomic mass is 9.74. The Labute approximate surface area is 230 Å². The Bertz CT molecular complexity index is 1390. The van der Waals surface area contributed by atoms with Gasteiger partial charge in [0.15, 0.2) is 0 Å². The van der Waals surface area contributed by atoms with Crippen molar-refractivity contribution in [3.05, 3.63) is 82.8 Å². The van der Waals surface area contributed by atoms with Gasteiger partial charge in [-0.3, -0.25) is 14.6 Å². The van der Waals surface area contributed by atoms with E-state index < -0.39 is 23.4 Å². The molecule has 2 fully saturated rings. The van der Waals surface area contributed by atoms with Gasteiger partial charge in [0.1, 0.15) is 16.9 Å². The zero-order chi connectivity index (χ0) is 27.1. The minimum Gasteiger partial charge on any atom is -0.354 e. The first-order valence-electron chi connectivity index (χ1n) is 13.2. The number of aromatic nitrogens is 2. The summed E-state index contributed by atoms with van der Waals surface area (Å²) >= 11 is 5.90. The van der Waals surface area contributed by atoms with Crippen molar-refractivity contribution in [3.8, 4) is 0 Å². The molecule has 1 saturated carbocycles. The Morgan fingerprint density at radius 3 is 2.54 bits per heavy atom. The van der Waals surface area contributed by atoms with Crippen molar-refractivity contribution in [3.63, 3.8) is 0 Å². The van der Waals surface area contributed by atoms with E-state index in [1.807, 2.05) is 41.3 Å². The van der Waals surface area contributed by atoms with Crippen LogP contribution >= 0.6 is 11.6 Å². The van der Waals surface area contributed by atoms with Gasteiger partial charge in [0.05, 0.1) is 10.6 Å². The number of amides is 2. The van der Waals surface area contributed by atoms with E-state index in [4.69, 9.17) is 11.6 Å². The van der Waals surface area contributed by atoms with Crippen molar-refractivity contribution in [2.75, 3.05) is 29.4 Å². The van der Waals surface area contributed by atoms with Gasteiger partial charge in [-0.15, -0.1) is 0 Å². The normalized spacial score (nSPS) is 21.7. The summed E-state index contributed by atoms with van der Waals surface area (Å²) in [5.41, 5.74) is 0.750. The maximum atomic E-state index is 13.8. The van der Waals surface area contributed by atoms with Crippen LogP contribution in [-0.4, -0.2) is 47.5 Å². The van der Waals surface area contributed by atoms with E-state index in [0.29, 0.717) is 32.5 Å². The van der Waals surface area contributed by atoms with Gasteiger partial charge < -0.3 is 15.1 Å². The van der Waals surface area contributed by atoms with Crippen LogP contribution < -0.4 is 15.1 Å². The molecule has 2 aliphatic heterocycles. The van der Waals surface area contributed by atoms with Gasteiger partial charge in [0, 0.05) is 43.8 Å². The number of rotatable bonds is 6. The third kappa shape index (κ3) is 4.62. The number of alkyl halides is 2. The van der Waals surface area contributed by atoms with E-state index in [9.17, 15) is 18.4 Å². The Hall–Kier alpha value is -3.59. The predicted molar refractivity (Wildman–Crippen MR) is 144 cm³/mol. The first-order chi connectivity index (χ1) is 18.9.